The Morgan fingerprint density at radius 3 is 2.25 bits per heavy atom. The van der Waals surface area contributed by atoms with E-state index < -0.39 is 8.32 Å². The Labute approximate surface area is 171 Å². The average molecular weight is 404 g/mol. The minimum absolute atomic E-state index is 0.0890. The lowest BCUT2D eigenvalue weighted by Crippen LogP contribution is -2.51. The van der Waals surface area contributed by atoms with Gasteiger partial charge in [0.15, 0.2) is 8.32 Å². The largest absolute Gasteiger partial charge is 0.469 e. The minimum Gasteiger partial charge on any atom is -0.469 e. The van der Waals surface area contributed by atoms with E-state index in [-0.39, 0.29) is 35.0 Å². The Bertz CT molecular complexity index is 710. The number of methoxy groups -OCH3 is 1. The molecule has 0 spiro atoms. The van der Waals surface area contributed by atoms with Crippen LogP contribution in [0.5, 0.6) is 0 Å². The molecule has 0 amide bonds. The second-order valence-corrected chi connectivity index (χ2v) is 15.0. The van der Waals surface area contributed by atoms with Crippen LogP contribution in [0.2, 0.25) is 18.1 Å². The fraction of sp³-hybridized carbons (Fsp3) is 0.696. The van der Waals surface area contributed by atoms with Crippen LogP contribution in [0.1, 0.15) is 50.7 Å². The number of benzene rings is 1. The Morgan fingerprint density at radius 2 is 1.71 bits per heavy atom. The maximum atomic E-state index is 12.8. The number of nitrogens with zero attached hydrogens (tertiary/aromatic N) is 1. The second-order valence-electron chi connectivity index (χ2n) is 10.3. The molecule has 2 aliphatic rings. The molecule has 2 bridgehead atoms. The van der Waals surface area contributed by atoms with Gasteiger partial charge in [0, 0.05) is 18.0 Å². The third-order valence-electron chi connectivity index (χ3n) is 7.52. The topological polar surface area (TPSA) is 38.8 Å². The summed E-state index contributed by atoms with van der Waals surface area (Å²) in [4.78, 5) is 15.2. The van der Waals surface area contributed by atoms with Gasteiger partial charge in [0.1, 0.15) is 0 Å². The van der Waals surface area contributed by atoms with Crippen molar-refractivity contribution < 1.29 is 14.0 Å². The molecule has 0 N–H and O–H groups in total. The Kier molecular flexibility index (Phi) is 5.83. The number of ether oxygens (including phenoxy) is 1. The molecule has 0 radical (unpaired) electrons. The number of hydrogen-bond acceptors (Lipinski definition) is 4. The average Bonchev–Trinajstić information content (AvgIpc) is 2.79. The molecule has 3 rings (SSSR count). The molecule has 1 aromatic carbocycles. The van der Waals surface area contributed by atoms with Crippen LogP contribution in [0, 0.1) is 12.8 Å². The zero-order valence-electron chi connectivity index (χ0n) is 18.8. The van der Waals surface area contributed by atoms with E-state index in [1.54, 1.807) is 0 Å². The molecule has 2 aliphatic heterocycles. The van der Waals surface area contributed by atoms with Crippen molar-refractivity contribution in [2.45, 2.75) is 82.8 Å². The molecule has 5 atom stereocenters. The van der Waals surface area contributed by atoms with Gasteiger partial charge in [-0.25, -0.2) is 0 Å². The fourth-order valence-corrected chi connectivity index (χ4v) is 6.12. The van der Waals surface area contributed by atoms with Gasteiger partial charge in [-0.3, -0.25) is 9.69 Å². The lowest BCUT2D eigenvalue weighted by Gasteiger charge is -2.43. The van der Waals surface area contributed by atoms with E-state index >= 15 is 0 Å². The van der Waals surface area contributed by atoms with Gasteiger partial charge in [0.05, 0.1) is 19.1 Å². The quantitative estimate of drug-likeness (QED) is 0.538. The predicted octanol–water partition coefficient (Wildman–Crippen LogP) is 4.73. The highest BCUT2D eigenvalue weighted by atomic mass is 28.4. The molecule has 2 heterocycles. The molecule has 2 fully saturated rings. The summed E-state index contributed by atoms with van der Waals surface area (Å²) in [5, 5.41) is 0.181. The van der Waals surface area contributed by atoms with E-state index in [1.165, 1.54) is 18.2 Å². The van der Waals surface area contributed by atoms with Gasteiger partial charge < -0.3 is 9.16 Å². The summed E-state index contributed by atoms with van der Waals surface area (Å²) in [5.41, 5.74) is 2.49. The molecule has 1 aromatic rings. The number of hydrogen-bond donors (Lipinski definition) is 0. The molecule has 0 unspecified atom stereocenters. The van der Waals surface area contributed by atoms with Crippen molar-refractivity contribution in [1.82, 2.24) is 4.90 Å². The van der Waals surface area contributed by atoms with Gasteiger partial charge in [-0.15, -0.1) is 0 Å². The Balaban J connectivity index is 1.92. The Hall–Kier alpha value is -1.17. The molecule has 28 heavy (non-hydrogen) atoms. The highest BCUT2D eigenvalue weighted by Crippen LogP contribution is 2.49. The summed E-state index contributed by atoms with van der Waals surface area (Å²) in [5.74, 6) is -0.0388. The molecule has 4 nitrogen and oxygen atoms in total. The fourth-order valence-electron chi connectivity index (χ4n) is 4.76. The lowest BCUT2D eigenvalue weighted by molar-refractivity contribution is -0.150. The first-order valence-corrected chi connectivity index (χ1v) is 13.4. The standard InChI is InChI=1S/C23H37NO3Si/c1-15-9-11-16(12-10-15)17-13-18-20(27-28(7,8)23(2,3)4)14-19(24(18)5)21(17)22(25)26-6/h9-12,17-21H,13-14H2,1-8H3/t17-,18-,19-,20-,21-/m1/s1. The van der Waals surface area contributed by atoms with E-state index in [0.717, 1.165) is 12.8 Å². The third-order valence-corrected chi connectivity index (χ3v) is 12.0. The van der Waals surface area contributed by atoms with E-state index in [1.807, 2.05) is 0 Å². The highest BCUT2D eigenvalue weighted by molar-refractivity contribution is 6.74. The Morgan fingerprint density at radius 1 is 1.11 bits per heavy atom. The number of fused-ring (bicyclic) bond motifs is 2. The number of esters is 1. The summed E-state index contributed by atoms with van der Waals surface area (Å²) in [6, 6.07) is 9.19. The minimum atomic E-state index is -1.87. The summed E-state index contributed by atoms with van der Waals surface area (Å²) >= 11 is 0. The number of carbonyl (C=O) groups excluding carboxylic acids is 1. The first kappa shape index (κ1) is 21.5. The summed E-state index contributed by atoms with van der Waals surface area (Å²) in [6.45, 7) is 13.6. The van der Waals surface area contributed by atoms with Gasteiger partial charge in [0.2, 0.25) is 0 Å². The summed E-state index contributed by atoms with van der Waals surface area (Å²) in [7, 11) is 1.80. The molecule has 156 valence electrons. The lowest BCUT2D eigenvalue weighted by atomic mass is 9.76. The number of aryl methyl sites for hydroxylation is 1. The highest BCUT2D eigenvalue weighted by Gasteiger charge is 2.55. The van der Waals surface area contributed by atoms with Crippen LogP contribution in [-0.4, -0.2) is 51.5 Å². The molecule has 0 aromatic heterocycles. The van der Waals surface area contributed by atoms with Gasteiger partial charge in [-0.2, -0.15) is 0 Å². The van der Waals surface area contributed by atoms with Crippen molar-refractivity contribution in [1.29, 1.82) is 0 Å². The predicted molar refractivity (Wildman–Crippen MR) is 116 cm³/mol. The molecular weight excluding hydrogens is 366 g/mol. The number of likely N-dealkylation sites (N-methyl/N-ethyl adjacent to an activating group) is 1. The summed E-state index contributed by atoms with van der Waals surface area (Å²) < 4.78 is 12.1. The maximum Gasteiger partial charge on any atom is 0.310 e. The number of piperidine rings is 1. The molecule has 0 aliphatic carbocycles. The van der Waals surface area contributed by atoms with Crippen LogP contribution >= 0.6 is 0 Å². The molecule has 2 saturated heterocycles. The normalized spacial score (nSPS) is 31.1. The third kappa shape index (κ3) is 3.81. The summed E-state index contributed by atoms with van der Waals surface area (Å²) in [6.07, 6.45) is 2.05. The van der Waals surface area contributed by atoms with Crippen molar-refractivity contribution in [3.8, 4) is 0 Å². The van der Waals surface area contributed by atoms with Crippen molar-refractivity contribution in [3.05, 3.63) is 35.4 Å². The van der Waals surface area contributed by atoms with Crippen molar-refractivity contribution in [2.24, 2.45) is 5.92 Å². The molecule has 5 heteroatoms. The van der Waals surface area contributed by atoms with Gasteiger partial charge in [-0.1, -0.05) is 50.6 Å². The van der Waals surface area contributed by atoms with E-state index in [2.05, 4.69) is 77.0 Å². The van der Waals surface area contributed by atoms with Gasteiger partial charge in [-0.05, 0) is 50.5 Å². The van der Waals surface area contributed by atoms with Crippen LogP contribution < -0.4 is 0 Å². The van der Waals surface area contributed by atoms with Crippen LogP contribution in [-0.2, 0) is 14.0 Å². The smallest absolute Gasteiger partial charge is 0.310 e. The van der Waals surface area contributed by atoms with E-state index in [4.69, 9.17) is 9.16 Å². The van der Waals surface area contributed by atoms with E-state index in [9.17, 15) is 4.79 Å². The number of carbonyl (C=O) groups is 1. The number of rotatable bonds is 4. The van der Waals surface area contributed by atoms with Gasteiger partial charge in [0.25, 0.3) is 0 Å². The van der Waals surface area contributed by atoms with Crippen LogP contribution in [0.4, 0.5) is 0 Å². The zero-order chi connectivity index (χ0) is 20.9. The molecular formula is C23H37NO3Si. The molecule has 0 saturated carbocycles. The first-order valence-electron chi connectivity index (χ1n) is 10.5. The zero-order valence-corrected chi connectivity index (χ0v) is 19.8. The first-order chi connectivity index (χ1) is 13.0. The monoisotopic (exact) mass is 403 g/mol. The van der Waals surface area contributed by atoms with Crippen molar-refractivity contribution >= 4 is 14.3 Å². The SMILES string of the molecule is COC(=O)[C@@H]1[C@@H](c2ccc(C)cc2)C[C@@H]2[C@H](O[Si](C)(C)C(C)(C)C)C[C@H]1N2C. The van der Waals surface area contributed by atoms with Crippen molar-refractivity contribution in [3.63, 3.8) is 0 Å². The van der Waals surface area contributed by atoms with Gasteiger partial charge >= 0.3 is 5.97 Å². The maximum absolute atomic E-state index is 12.8. The van der Waals surface area contributed by atoms with Crippen LogP contribution in [0.25, 0.3) is 0 Å². The van der Waals surface area contributed by atoms with Crippen LogP contribution in [0.15, 0.2) is 24.3 Å². The van der Waals surface area contributed by atoms with Crippen molar-refractivity contribution in [2.75, 3.05) is 14.2 Å². The van der Waals surface area contributed by atoms with Crippen LogP contribution in [0.3, 0.4) is 0 Å². The second kappa shape index (κ2) is 7.58. The van der Waals surface area contributed by atoms with E-state index in [0.29, 0.717) is 6.04 Å².